The van der Waals surface area contributed by atoms with Crippen molar-refractivity contribution in [3.63, 3.8) is 0 Å². The molecule has 0 heterocycles. The van der Waals surface area contributed by atoms with Crippen molar-refractivity contribution in [2.45, 2.75) is 4.90 Å². The maximum atomic E-state index is 13.0. The minimum Gasteiger partial charge on any atom is -0.278 e. The smallest absolute Gasteiger partial charge is 0.270 e. The Balaban J connectivity index is 1.96. The highest BCUT2D eigenvalue weighted by Crippen LogP contribution is 2.30. The standard InChI is InChI=1S/C19H13Cl3N4O4S/c20-13-6-5-12(16(22)9-13)11-23-24-18-8-7-14(26(27)28)10-19(18)31(29,30)25-17-4-2-1-3-15(17)21/h1-11,24-25H. The zero-order valence-electron chi connectivity index (χ0n) is 15.4. The predicted octanol–water partition coefficient (Wildman–Crippen LogP) is 5.80. The number of sulfonamides is 1. The average Bonchev–Trinajstić information content (AvgIpc) is 2.71. The number of rotatable bonds is 7. The van der Waals surface area contributed by atoms with E-state index in [-0.39, 0.29) is 21.3 Å². The Kier molecular flexibility index (Phi) is 7.01. The van der Waals surface area contributed by atoms with Gasteiger partial charge in [0, 0.05) is 22.7 Å². The van der Waals surface area contributed by atoms with Crippen LogP contribution in [0.2, 0.25) is 15.1 Å². The third-order valence-electron chi connectivity index (χ3n) is 3.93. The first-order valence-corrected chi connectivity index (χ1v) is 11.1. The molecule has 0 aromatic heterocycles. The van der Waals surface area contributed by atoms with Gasteiger partial charge in [-0.3, -0.25) is 20.3 Å². The summed E-state index contributed by atoms with van der Waals surface area (Å²) >= 11 is 18.0. The predicted molar refractivity (Wildman–Crippen MR) is 123 cm³/mol. The van der Waals surface area contributed by atoms with Crippen molar-refractivity contribution < 1.29 is 13.3 Å². The SMILES string of the molecule is O=[N+]([O-])c1ccc(NN=Cc2ccc(Cl)cc2Cl)c(S(=O)(=O)Nc2ccccc2Cl)c1. The van der Waals surface area contributed by atoms with E-state index in [9.17, 15) is 18.5 Å². The van der Waals surface area contributed by atoms with Crippen LogP contribution in [0.3, 0.4) is 0 Å². The third-order valence-corrected chi connectivity index (χ3v) is 6.23. The third kappa shape index (κ3) is 5.65. The molecule has 0 atom stereocenters. The van der Waals surface area contributed by atoms with E-state index in [2.05, 4.69) is 15.2 Å². The van der Waals surface area contributed by atoms with E-state index < -0.39 is 20.6 Å². The summed E-state index contributed by atoms with van der Waals surface area (Å²) in [5.41, 5.74) is 2.83. The number of non-ortho nitro benzene ring substituents is 1. The fourth-order valence-electron chi connectivity index (χ4n) is 2.46. The van der Waals surface area contributed by atoms with Crippen LogP contribution in [-0.2, 0) is 10.0 Å². The molecule has 0 aliphatic rings. The Hall–Kier alpha value is -2.85. The summed E-state index contributed by atoms with van der Waals surface area (Å²) in [5, 5.41) is 16.1. The number of nitrogens with one attached hydrogen (secondary N) is 2. The molecule has 12 heteroatoms. The molecule has 0 aliphatic heterocycles. The molecule has 160 valence electrons. The summed E-state index contributed by atoms with van der Waals surface area (Å²) in [6.45, 7) is 0. The van der Waals surface area contributed by atoms with Gasteiger partial charge >= 0.3 is 0 Å². The molecule has 2 N–H and O–H groups in total. The van der Waals surface area contributed by atoms with E-state index in [1.807, 2.05) is 0 Å². The lowest BCUT2D eigenvalue weighted by Gasteiger charge is -2.13. The minimum absolute atomic E-state index is 0.00601. The lowest BCUT2D eigenvalue weighted by Crippen LogP contribution is -2.15. The highest BCUT2D eigenvalue weighted by Gasteiger charge is 2.23. The lowest BCUT2D eigenvalue weighted by atomic mass is 10.2. The van der Waals surface area contributed by atoms with Gasteiger partial charge in [-0.15, -0.1) is 0 Å². The van der Waals surface area contributed by atoms with Crippen LogP contribution >= 0.6 is 34.8 Å². The summed E-state index contributed by atoms with van der Waals surface area (Å²) in [4.78, 5) is 10.1. The van der Waals surface area contributed by atoms with Crippen LogP contribution in [0.5, 0.6) is 0 Å². The summed E-state index contributed by atoms with van der Waals surface area (Å²) < 4.78 is 28.2. The van der Waals surface area contributed by atoms with Crippen LogP contribution in [-0.4, -0.2) is 19.6 Å². The van der Waals surface area contributed by atoms with E-state index in [1.54, 1.807) is 24.3 Å². The number of hydrogen-bond acceptors (Lipinski definition) is 6. The molecule has 3 rings (SSSR count). The second-order valence-corrected chi connectivity index (χ2v) is 8.96. The van der Waals surface area contributed by atoms with Crippen LogP contribution in [0.15, 0.2) is 70.7 Å². The Morgan fingerprint density at radius 3 is 2.35 bits per heavy atom. The Morgan fingerprint density at radius 2 is 1.68 bits per heavy atom. The summed E-state index contributed by atoms with van der Waals surface area (Å²) in [6, 6.07) is 14.3. The number of hydrazone groups is 1. The monoisotopic (exact) mass is 498 g/mol. The maximum Gasteiger partial charge on any atom is 0.270 e. The lowest BCUT2D eigenvalue weighted by molar-refractivity contribution is -0.385. The van der Waals surface area contributed by atoms with Gasteiger partial charge in [-0.25, -0.2) is 8.42 Å². The molecule has 0 saturated carbocycles. The number of anilines is 2. The Morgan fingerprint density at radius 1 is 0.935 bits per heavy atom. The molecular formula is C19H13Cl3N4O4S. The molecule has 0 bridgehead atoms. The molecule has 0 amide bonds. The van der Waals surface area contributed by atoms with Gasteiger partial charge in [0.15, 0.2) is 0 Å². The van der Waals surface area contributed by atoms with E-state index in [4.69, 9.17) is 34.8 Å². The van der Waals surface area contributed by atoms with E-state index in [1.165, 1.54) is 30.5 Å². The van der Waals surface area contributed by atoms with Crippen LogP contribution in [0, 0.1) is 10.1 Å². The second kappa shape index (κ2) is 9.52. The van der Waals surface area contributed by atoms with Crippen molar-refractivity contribution >= 4 is 68.1 Å². The molecule has 3 aromatic rings. The number of benzene rings is 3. The first-order chi connectivity index (χ1) is 14.7. The maximum absolute atomic E-state index is 13.0. The van der Waals surface area contributed by atoms with Crippen LogP contribution in [0.25, 0.3) is 0 Å². The van der Waals surface area contributed by atoms with Gasteiger partial charge in [-0.05, 0) is 30.3 Å². The normalized spacial score (nSPS) is 11.5. The largest absolute Gasteiger partial charge is 0.278 e. The Bertz CT molecular complexity index is 1280. The van der Waals surface area contributed by atoms with Gasteiger partial charge in [0.25, 0.3) is 15.7 Å². The molecule has 3 aromatic carbocycles. The molecule has 0 aliphatic carbocycles. The van der Waals surface area contributed by atoms with Gasteiger partial charge in [0.2, 0.25) is 0 Å². The fraction of sp³-hybridized carbons (Fsp3) is 0. The number of nitrogens with zero attached hydrogens (tertiary/aromatic N) is 2. The Labute approximate surface area is 192 Å². The number of halogens is 3. The number of nitro benzene ring substituents is 1. The molecule has 0 radical (unpaired) electrons. The van der Waals surface area contributed by atoms with Crippen molar-refractivity contribution in [3.05, 3.63) is 91.4 Å². The van der Waals surface area contributed by atoms with Crippen LogP contribution < -0.4 is 10.1 Å². The molecular weight excluding hydrogens is 487 g/mol. The van der Waals surface area contributed by atoms with E-state index in [0.29, 0.717) is 15.6 Å². The van der Waals surface area contributed by atoms with Gasteiger partial charge in [0.1, 0.15) is 4.90 Å². The van der Waals surface area contributed by atoms with Crippen molar-refractivity contribution in [1.29, 1.82) is 0 Å². The zero-order chi connectivity index (χ0) is 22.6. The quantitative estimate of drug-likeness (QED) is 0.242. The van der Waals surface area contributed by atoms with E-state index in [0.717, 1.165) is 12.1 Å². The van der Waals surface area contributed by atoms with Crippen molar-refractivity contribution in [2.75, 3.05) is 10.1 Å². The van der Waals surface area contributed by atoms with Gasteiger partial charge in [0.05, 0.1) is 32.6 Å². The summed E-state index contributed by atoms with van der Waals surface area (Å²) in [7, 11) is -4.25. The highest BCUT2D eigenvalue weighted by atomic mass is 35.5. The van der Waals surface area contributed by atoms with Crippen molar-refractivity contribution in [1.82, 2.24) is 0 Å². The van der Waals surface area contributed by atoms with Crippen molar-refractivity contribution in [3.8, 4) is 0 Å². The summed E-state index contributed by atoms with van der Waals surface area (Å²) in [6.07, 6.45) is 1.36. The second-order valence-electron chi connectivity index (χ2n) is 6.06. The van der Waals surface area contributed by atoms with E-state index >= 15 is 0 Å². The molecule has 31 heavy (non-hydrogen) atoms. The zero-order valence-corrected chi connectivity index (χ0v) is 18.5. The van der Waals surface area contributed by atoms with Gasteiger partial charge < -0.3 is 0 Å². The van der Waals surface area contributed by atoms with Crippen molar-refractivity contribution in [2.24, 2.45) is 5.10 Å². The highest BCUT2D eigenvalue weighted by molar-refractivity contribution is 7.93. The van der Waals surface area contributed by atoms with Gasteiger partial charge in [-0.1, -0.05) is 53.0 Å². The topological polar surface area (TPSA) is 114 Å². The summed E-state index contributed by atoms with van der Waals surface area (Å²) in [5.74, 6) is 0. The molecule has 0 saturated heterocycles. The van der Waals surface area contributed by atoms with Crippen LogP contribution in [0.4, 0.5) is 17.1 Å². The number of para-hydroxylation sites is 1. The number of hydrogen-bond donors (Lipinski definition) is 2. The number of nitro groups is 1. The minimum atomic E-state index is -4.25. The van der Waals surface area contributed by atoms with Gasteiger partial charge in [-0.2, -0.15) is 5.10 Å². The molecule has 0 spiro atoms. The van der Waals surface area contributed by atoms with Crippen LogP contribution in [0.1, 0.15) is 5.56 Å². The molecule has 0 unspecified atom stereocenters. The average molecular weight is 500 g/mol. The first-order valence-electron chi connectivity index (χ1n) is 8.47. The first kappa shape index (κ1) is 22.8. The fourth-order valence-corrected chi connectivity index (χ4v) is 4.41. The molecule has 8 nitrogen and oxygen atoms in total. The molecule has 0 fully saturated rings.